The second kappa shape index (κ2) is 11.7. The number of hydrogen-bond donors (Lipinski definition) is 1. The molecule has 0 spiro atoms. The van der Waals surface area contributed by atoms with Gasteiger partial charge >= 0.3 is 0 Å². The molecule has 0 saturated heterocycles. The lowest BCUT2D eigenvalue weighted by atomic mass is 9.86. The number of unbranched alkanes of at least 4 members (excludes halogenated alkanes) is 1. The Hall–Kier alpha value is -2.82. The second-order valence-corrected chi connectivity index (χ2v) is 9.30. The molecule has 0 bridgehead atoms. The van der Waals surface area contributed by atoms with Gasteiger partial charge in [0.05, 0.1) is 0 Å². The van der Waals surface area contributed by atoms with E-state index in [1.54, 1.807) is 11.8 Å². The first-order valence-corrected chi connectivity index (χ1v) is 11.5. The van der Waals surface area contributed by atoms with E-state index in [1.165, 1.54) is 0 Å². The summed E-state index contributed by atoms with van der Waals surface area (Å²) in [6, 6.07) is 15.1. The number of benzene rings is 2. The quantitative estimate of drug-likeness (QED) is 0.531. The molecular weight excluding hydrogens is 400 g/mol. The molecule has 0 fully saturated rings. The van der Waals surface area contributed by atoms with Gasteiger partial charge in [0.2, 0.25) is 5.91 Å². The van der Waals surface area contributed by atoms with E-state index in [-0.39, 0.29) is 23.8 Å². The summed E-state index contributed by atoms with van der Waals surface area (Å²) < 4.78 is 5.98. The molecule has 1 atom stereocenters. The van der Waals surface area contributed by atoms with Crippen LogP contribution in [0.4, 0.5) is 0 Å². The van der Waals surface area contributed by atoms with Crippen molar-refractivity contribution in [3.05, 3.63) is 65.2 Å². The van der Waals surface area contributed by atoms with Crippen molar-refractivity contribution in [3.63, 3.8) is 0 Å². The highest BCUT2D eigenvalue weighted by molar-refractivity contribution is 5.88. The third kappa shape index (κ3) is 7.11. The number of ether oxygens (including phenoxy) is 1. The van der Waals surface area contributed by atoms with Gasteiger partial charge in [0, 0.05) is 13.1 Å². The van der Waals surface area contributed by atoms with Crippen LogP contribution in [0.3, 0.4) is 0 Å². The van der Waals surface area contributed by atoms with Crippen LogP contribution in [-0.2, 0) is 21.5 Å². The van der Waals surface area contributed by atoms with Crippen LogP contribution in [0.1, 0.15) is 64.2 Å². The first-order valence-electron chi connectivity index (χ1n) is 11.5. The van der Waals surface area contributed by atoms with Crippen molar-refractivity contribution >= 4 is 11.8 Å². The van der Waals surface area contributed by atoms with Gasteiger partial charge in [0.25, 0.3) is 5.91 Å². The minimum Gasteiger partial charge on any atom is -0.483 e. The minimum atomic E-state index is -0.597. The topological polar surface area (TPSA) is 58.6 Å². The van der Waals surface area contributed by atoms with Crippen molar-refractivity contribution in [1.29, 1.82) is 0 Å². The largest absolute Gasteiger partial charge is 0.483 e. The molecule has 5 nitrogen and oxygen atoms in total. The van der Waals surface area contributed by atoms with Crippen molar-refractivity contribution in [2.45, 2.75) is 72.4 Å². The summed E-state index contributed by atoms with van der Waals surface area (Å²) in [5.74, 6) is 0.342. The van der Waals surface area contributed by atoms with Crippen molar-refractivity contribution in [2.24, 2.45) is 0 Å². The Morgan fingerprint density at radius 3 is 2.38 bits per heavy atom. The molecule has 32 heavy (non-hydrogen) atoms. The maximum Gasteiger partial charge on any atom is 0.261 e. The van der Waals surface area contributed by atoms with E-state index in [0.29, 0.717) is 18.8 Å². The van der Waals surface area contributed by atoms with Crippen LogP contribution in [0.2, 0.25) is 0 Å². The zero-order chi connectivity index (χ0) is 23.7. The summed E-state index contributed by atoms with van der Waals surface area (Å²) in [5.41, 5.74) is 3.04. The van der Waals surface area contributed by atoms with Crippen LogP contribution in [0, 0.1) is 6.92 Å². The highest BCUT2D eigenvalue weighted by atomic mass is 16.5. The third-order valence-corrected chi connectivity index (χ3v) is 5.65. The zero-order valence-corrected chi connectivity index (χ0v) is 20.4. The average molecular weight is 439 g/mol. The Morgan fingerprint density at radius 1 is 1.06 bits per heavy atom. The van der Waals surface area contributed by atoms with E-state index in [0.717, 1.165) is 29.5 Å². The van der Waals surface area contributed by atoms with Gasteiger partial charge in [-0.25, -0.2) is 0 Å². The van der Waals surface area contributed by atoms with Crippen LogP contribution in [-0.4, -0.2) is 35.9 Å². The number of para-hydroxylation sites is 1. The average Bonchev–Trinajstić information content (AvgIpc) is 2.76. The number of amides is 2. The van der Waals surface area contributed by atoms with E-state index in [2.05, 4.69) is 33.0 Å². The Bertz CT molecular complexity index is 902. The fourth-order valence-electron chi connectivity index (χ4n) is 3.52. The molecule has 174 valence electrons. The predicted molar refractivity (Wildman–Crippen MR) is 130 cm³/mol. The zero-order valence-electron chi connectivity index (χ0n) is 20.4. The molecule has 2 rings (SSSR count). The molecule has 2 amide bonds. The lowest BCUT2D eigenvalue weighted by molar-refractivity contribution is -0.142. The van der Waals surface area contributed by atoms with Gasteiger partial charge in [-0.1, -0.05) is 76.6 Å². The highest BCUT2D eigenvalue weighted by Crippen LogP contribution is 2.31. The summed E-state index contributed by atoms with van der Waals surface area (Å²) >= 11 is 0. The van der Waals surface area contributed by atoms with Crippen molar-refractivity contribution in [3.8, 4) is 5.75 Å². The van der Waals surface area contributed by atoms with Gasteiger partial charge in [-0.3, -0.25) is 9.59 Å². The normalized spacial score (nSPS) is 12.2. The van der Waals surface area contributed by atoms with Gasteiger partial charge in [0.15, 0.2) is 6.61 Å². The van der Waals surface area contributed by atoms with Gasteiger partial charge in [0.1, 0.15) is 11.8 Å². The van der Waals surface area contributed by atoms with Gasteiger partial charge in [-0.05, 0) is 48.4 Å². The fraction of sp³-hybridized carbons (Fsp3) is 0.481. The Balaban J connectivity index is 2.20. The molecule has 1 N–H and O–H groups in total. The summed E-state index contributed by atoms with van der Waals surface area (Å²) in [4.78, 5) is 27.7. The molecule has 0 saturated carbocycles. The van der Waals surface area contributed by atoms with Crippen molar-refractivity contribution in [1.82, 2.24) is 10.2 Å². The number of rotatable bonds is 10. The molecule has 2 aromatic rings. The molecule has 0 aromatic heterocycles. The van der Waals surface area contributed by atoms with E-state index < -0.39 is 6.04 Å². The molecule has 2 aromatic carbocycles. The molecule has 0 aliphatic carbocycles. The van der Waals surface area contributed by atoms with Crippen LogP contribution in [0.25, 0.3) is 0 Å². The highest BCUT2D eigenvalue weighted by Gasteiger charge is 2.27. The van der Waals surface area contributed by atoms with Crippen molar-refractivity contribution in [2.75, 3.05) is 13.2 Å². The van der Waals surface area contributed by atoms with E-state index in [4.69, 9.17) is 4.74 Å². The summed E-state index contributed by atoms with van der Waals surface area (Å²) in [6.45, 7) is 13.1. The molecule has 0 unspecified atom stereocenters. The van der Waals surface area contributed by atoms with E-state index in [9.17, 15) is 9.59 Å². The Kier molecular flexibility index (Phi) is 9.30. The number of carbonyl (C=O) groups excluding carboxylic acids is 2. The number of aryl methyl sites for hydroxylation is 1. The monoisotopic (exact) mass is 438 g/mol. The SMILES string of the molecule is CCCCNC(=O)[C@H](C)N(Cc1ccccc1C)C(=O)COc1ccccc1C(C)(C)C. The lowest BCUT2D eigenvalue weighted by Crippen LogP contribution is -2.49. The van der Waals surface area contributed by atoms with Gasteiger partial charge < -0.3 is 15.0 Å². The number of nitrogens with one attached hydrogen (secondary N) is 1. The standard InChI is InChI=1S/C27H38N2O3/c1-7-8-17-28-26(31)21(3)29(18-22-14-10-9-13-20(22)2)25(30)19-32-24-16-12-11-15-23(24)27(4,5)6/h9-16,21H,7-8,17-19H2,1-6H3,(H,28,31)/t21-/m0/s1. The second-order valence-electron chi connectivity index (χ2n) is 9.30. The lowest BCUT2D eigenvalue weighted by Gasteiger charge is -2.30. The number of hydrogen-bond acceptors (Lipinski definition) is 3. The smallest absolute Gasteiger partial charge is 0.261 e. The maximum absolute atomic E-state index is 13.3. The van der Waals surface area contributed by atoms with E-state index >= 15 is 0 Å². The molecule has 0 radical (unpaired) electrons. The maximum atomic E-state index is 13.3. The van der Waals surface area contributed by atoms with Crippen LogP contribution >= 0.6 is 0 Å². The Labute approximate surface area is 193 Å². The fourth-order valence-corrected chi connectivity index (χ4v) is 3.52. The third-order valence-electron chi connectivity index (χ3n) is 5.65. The summed E-state index contributed by atoms with van der Waals surface area (Å²) in [6.07, 6.45) is 1.92. The van der Waals surface area contributed by atoms with Crippen LogP contribution in [0.5, 0.6) is 5.75 Å². The predicted octanol–water partition coefficient (Wildman–Crippen LogP) is 5.00. The minimum absolute atomic E-state index is 0.104. The van der Waals surface area contributed by atoms with Crippen molar-refractivity contribution < 1.29 is 14.3 Å². The number of carbonyl (C=O) groups is 2. The summed E-state index contributed by atoms with van der Waals surface area (Å²) in [5, 5.41) is 2.95. The van der Waals surface area contributed by atoms with Gasteiger partial charge in [-0.2, -0.15) is 0 Å². The molecule has 0 heterocycles. The van der Waals surface area contributed by atoms with Gasteiger partial charge in [-0.15, -0.1) is 0 Å². The first-order chi connectivity index (χ1) is 15.1. The molecule has 0 aliphatic rings. The van der Waals surface area contributed by atoms with Crippen LogP contribution < -0.4 is 10.1 Å². The molecule has 0 aliphatic heterocycles. The van der Waals surface area contributed by atoms with E-state index in [1.807, 2.05) is 55.5 Å². The summed E-state index contributed by atoms with van der Waals surface area (Å²) in [7, 11) is 0. The molecular formula is C27H38N2O3. The van der Waals surface area contributed by atoms with Crippen LogP contribution in [0.15, 0.2) is 48.5 Å². The first kappa shape index (κ1) is 25.4. The Morgan fingerprint density at radius 2 is 1.72 bits per heavy atom. The molecule has 5 heteroatoms. The number of nitrogens with zero attached hydrogens (tertiary/aromatic N) is 1.